The highest BCUT2D eigenvalue weighted by Gasteiger charge is 2.68. The van der Waals surface area contributed by atoms with E-state index in [1.807, 2.05) is 0 Å². The number of rotatable bonds is 4. The Hall–Kier alpha value is -5.84. The van der Waals surface area contributed by atoms with E-state index in [0.717, 1.165) is 0 Å². The number of likely N-dealkylation sites (N-methyl/N-ethyl adjacent to an activating group) is 2. The molecule has 0 spiro atoms. The Kier molecular flexibility index (Phi) is 12.8. The Morgan fingerprint density at radius 3 is 1.15 bits per heavy atom. The third-order valence-electron chi connectivity index (χ3n) is 14.0. The molecule has 10 atom stereocenters. The second-order valence-corrected chi connectivity index (χ2v) is 17.9. The standard InChI is InChI=1S/2C22H24N2O8.2ClH/c2*1-21(31)8-5-4-6-11(25)12(8)16(26)13-9(21)7-10-15(24(2)3)17(27)14(20(23)30)19(29)22(10,32)18(13)28;;/h2*4-6,9-10,15,25-26,29,31-32H,7H2,1-3H3,(H2,23,30);2*1H/t9?,10-,15+,21+,22-;9-,10-,15-,21+,22-;;/m00../s1. The summed E-state index contributed by atoms with van der Waals surface area (Å²) in [6.07, 6.45) is -0.400. The maximum absolute atomic E-state index is 13.7. The summed E-state index contributed by atoms with van der Waals surface area (Å²) >= 11 is 0. The van der Waals surface area contributed by atoms with Gasteiger partial charge in [0.2, 0.25) is 11.6 Å². The number of primary amides is 2. The summed E-state index contributed by atoms with van der Waals surface area (Å²) in [7, 11) is 6.01. The summed E-state index contributed by atoms with van der Waals surface area (Å²) in [5.74, 6) is -15.8. The highest BCUT2D eigenvalue weighted by Crippen LogP contribution is 2.59. The fourth-order valence-electron chi connectivity index (χ4n) is 11.0. The number of nitrogens with two attached hydrogens (primary N) is 2. The number of ketones is 4. The highest BCUT2D eigenvalue weighted by atomic mass is 35.5. The Morgan fingerprint density at radius 1 is 0.576 bits per heavy atom. The predicted octanol–water partition coefficient (Wildman–Crippen LogP) is 0.102. The van der Waals surface area contributed by atoms with Crippen molar-refractivity contribution in [3.05, 3.63) is 92.5 Å². The van der Waals surface area contributed by atoms with Gasteiger partial charge in [0.05, 0.1) is 34.4 Å². The molecule has 0 aliphatic heterocycles. The number of benzene rings is 2. The molecule has 66 heavy (non-hydrogen) atoms. The van der Waals surface area contributed by atoms with Crippen LogP contribution in [0.4, 0.5) is 0 Å². The first kappa shape index (κ1) is 51.1. The molecular formula is C44H50Cl2N4O16. The van der Waals surface area contributed by atoms with Crippen LogP contribution in [0, 0.1) is 23.7 Å². The van der Waals surface area contributed by atoms with Gasteiger partial charge in [0.15, 0.2) is 22.8 Å². The topological polar surface area (TPSA) is 363 Å². The Balaban J connectivity index is 0.000000240. The van der Waals surface area contributed by atoms with Crippen molar-refractivity contribution in [1.82, 2.24) is 9.80 Å². The summed E-state index contributed by atoms with van der Waals surface area (Å²) < 4.78 is 0. The number of aliphatic hydroxyl groups is 8. The van der Waals surface area contributed by atoms with Gasteiger partial charge in [0.1, 0.15) is 45.7 Å². The van der Waals surface area contributed by atoms with Crippen LogP contribution in [0.15, 0.2) is 70.2 Å². The first-order valence-electron chi connectivity index (χ1n) is 19.9. The van der Waals surface area contributed by atoms with E-state index in [-0.39, 0.29) is 59.9 Å². The van der Waals surface area contributed by atoms with Crippen molar-refractivity contribution in [2.24, 2.45) is 35.1 Å². The molecule has 0 heterocycles. The van der Waals surface area contributed by atoms with E-state index in [9.17, 15) is 79.8 Å². The molecule has 1 unspecified atom stereocenters. The van der Waals surface area contributed by atoms with Crippen LogP contribution in [-0.4, -0.2) is 147 Å². The van der Waals surface area contributed by atoms with Gasteiger partial charge in [-0.25, -0.2) is 0 Å². The molecule has 2 saturated carbocycles. The van der Waals surface area contributed by atoms with Gasteiger partial charge < -0.3 is 62.5 Å². The van der Waals surface area contributed by atoms with Crippen LogP contribution in [0.3, 0.4) is 0 Å². The summed E-state index contributed by atoms with van der Waals surface area (Å²) in [6, 6.07) is 6.03. The van der Waals surface area contributed by atoms with Gasteiger partial charge >= 0.3 is 0 Å². The molecule has 2 amide bonds. The predicted molar refractivity (Wildman–Crippen MR) is 235 cm³/mol. The average Bonchev–Trinajstić information content (AvgIpc) is 3.18. The quantitative estimate of drug-likeness (QED) is 0.181. The third kappa shape index (κ3) is 6.56. The van der Waals surface area contributed by atoms with Crippen LogP contribution < -0.4 is 11.5 Å². The van der Waals surface area contributed by atoms with E-state index in [2.05, 4.69) is 0 Å². The van der Waals surface area contributed by atoms with Crippen molar-refractivity contribution < 1.29 is 79.8 Å². The van der Waals surface area contributed by atoms with Crippen molar-refractivity contribution in [1.29, 1.82) is 0 Å². The van der Waals surface area contributed by atoms with E-state index in [1.54, 1.807) is 0 Å². The van der Waals surface area contributed by atoms with E-state index in [1.165, 1.54) is 88.2 Å². The van der Waals surface area contributed by atoms with E-state index in [0.29, 0.717) is 0 Å². The Labute approximate surface area is 388 Å². The number of amides is 2. The van der Waals surface area contributed by atoms with Crippen LogP contribution in [0.25, 0.3) is 11.5 Å². The number of phenols is 2. The van der Waals surface area contributed by atoms with Crippen LogP contribution in [0.1, 0.15) is 48.9 Å². The molecule has 8 rings (SSSR count). The van der Waals surface area contributed by atoms with E-state index in [4.69, 9.17) is 11.5 Å². The number of nitrogens with zero attached hydrogens (tertiary/aromatic N) is 2. The smallest absolute Gasteiger partial charge is 0.255 e. The zero-order valence-electron chi connectivity index (χ0n) is 36.1. The number of phenolic OH excluding ortho intramolecular Hbond substituents is 2. The number of hydrogen-bond acceptors (Lipinski definition) is 18. The molecule has 2 aromatic carbocycles. The minimum Gasteiger partial charge on any atom is -0.508 e. The van der Waals surface area contributed by atoms with Gasteiger partial charge in [-0.15, -0.1) is 24.8 Å². The number of halogens is 2. The highest BCUT2D eigenvalue weighted by molar-refractivity contribution is 6.25. The molecule has 0 radical (unpaired) electrons. The maximum atomic E-state index is 13.7. The van der Waals surface area contributed by atoms with E-state index < -0.39 is 150 Å². The van der Waals surface area contributed by atoms with Gasteiger partial charge in [-0.3, -0.25) is 38.6 Å². The molecule has 356 valence electrons. The SMILES string of the molecule is CN(C)[C@@H]1C(=O)C(C(N)=O)=C(O)[C@@]2(O)C(=O)C3=C(O)c4c(O)cccc4[C@@](C)(O)[C@H]3C[C@@H]12.CN(C)[C@H]1C(=O)C(C(N)=O)=C(O)[C@@]2(O)C(=O)C3=C(O)c4c(O)cccc4[C@@](C)(O)C3C[C@@H]12.Cl.Cl. The Bertz CT molecular complexity index is 2490. The molecule has 0 bridgehead atoms. The lowest BCUT2D eigenvalue weighted by Crippen LogP contribution is -2.67. The fourth-order valence-corrected chi connectivity index (χ4v) is 11.0. The summed E-state index contributed by atoms with van der Waals surface area (Å²) in [4.78, 5) is 80.0. The zero-order valence-corrected chi connectivity index (χ0v) is 37.8. The first-order chi connectivity index (χ1) is 29.5. The third-order valence-corrected chi connectivity index (χ3v) is 14.0. The molecule has 22 heteroatoms. The van der Waals surface area contributed by atoms with Crippen LogP contribution >= 0.6 is 24.8 Å². The minimum absolute atomic E-state index is 0. The normalized spacial score (nSPS) is 33.3. The van der Waals surface area contributed by atoms with Gasteiger partial charge in [-0.2, -0.15) is 0 Å². The van der Waals surface area contributed by atoms with Crippen LogP contribution in [0.5, 0.6) is 11.5 Å². The average molecular weight is 962 g/mol. The number of hydrogen-bond donors (Lipinski definition) is 12. The fraction of sp³-hybridized carbons (Fsp3) is 0.409. The number of carbonyl (C=O) groups excluding carboxylic acids is 6. The van der Waals surface area contributed by atoms with Crippen molar-refractivity contribution in [3.63, 3.8) is 0 Å². The number of aliphatic hydroxyl groups excluding tert-OH is 4. The van der Waals surface area contributed by atoms with E-state index >= 15 is 0 Å². The number of aromatic hydroxyl groups is 2. The van der Waals surface area contributed by atoms with Crippen molar-refractivity contribution >= 4 is 71.3 Å². The van der Waals surface area contributed by atoms with Gasteiger partial charge in [-0.1, -0.05) is 24.3 Å². The lowest BCUT2D eigenvalue weighted by Gasteiger charge is -2.53. The lowest BCUT2D eigenvalue weighted by atomic mass is 9.54. The maximum Gasteiger partial charge on any atom is 0.255 e. The summed E-state index contributed by atoms with van der Waals surface area (Å²) in [6.45, 7) is 2.81. The number of carbonyl (C=O) groups is 6. The van der Waals surface area contributed by atoms with Crippen LogP contribution in [0.2, 0.25) is 0 Å². The van der Waals surface area contributed by atoms with Gasteiger partial charge in [0.25, 0.3) is 11.8 Å². The monoisotopic (exact) mass is 960 g/mol. The first-order valence-corrected chi connectivity index (χ1v) is 19.9. The molecule has 6 aliphatic rings. The summed E-state index contributed by atoms with van der Waals surface area (Å²) in [5.41, 5.74) is -1.10. The molecule has 0 saturated heterocycles. The second-order valence-electron chi connectivity index (χ2n) is 17.9. The Morgan fingerprint density at radius 2 is 0.879 bits per heavy atom. The molecule has 2 fully saturated rings. The second kappa shape index (κ2) is 16.5. The summed E-state index contributed by atoms with van der Waals surface area (Å²) in [5, 5.41) is 110. The zero-order chi connectivity index (χ0) is 47.8. The van der Waals surface area contributed by atoms with Crippen molar-refractivity contribution in [2.75, 3.05) is 28.2 Å². The molecule has 0 aromatic heterocycles. The number of fused-ring (bicyclic) bond motifs is 6. The molecule has 6 aliphatic carbocycles. The van der Waals surface area contributed by atoms with Gasteiger partial charge in [0, 0.05) is 34.8 Å². The largest absolute Gasteiger partial charge is 0.508 e. The van der Waals surface area contributed by atoms with Gasteiger partial charge in [-0.05, 0) is 78.1 Å². The van der Waals surface area contributed by atoms with Crippen molar-refractivity contribution in [3.8, 4) is 11.5 Å². The molecule has 2 aromatic rings. The minimum atomic E-state index is -2.75. The molecule has 14 N–H and O–H groups in total. The molecule has 20 nitrogen and oxygen atoms in total. The van der Waals surface area contributed by atoms with Crippen LogP contribution in [-0.2, 0) is 40.0 Å². The molecular weight excluding hydrogens is 911 g/mol. The number of Topliss-reactive ketones (excluding diaryl/α,β-unsaturated/α-hetero) is 4. The van der Waals surface area contributed by atoms with Crippen molar-refractivity contribution in [2.45, 2.75) is 61.2 Å². The lowest BCUT2D eigenvalue weighted by molar-refractivity contribution is -0.160.